The topological polar surface area (TPSA) is 108 Å². The molecule has 2 bridgehead atoms. The summed E-state index contributed by atoms with van der Waals surface area (Å²) in [6.07, 6.45) is 6.87. The van der Waals surface area contributed by atoms with Gasteiger partial charge in [0.1, 0.15) is 0 Å². The predicted molar refractivity (Wildman–Crippen MR) is 115 cm³/mol. The first kappa shape index (κ1) is 20.0. The zero-order valence-corrected chi connectivity index (χ0v) is 18.8. The number of imide groups is 1. The molecule has 3 heterocycles. The molecule has 1 aromatic rings. The van der Waals surface area contributed by atoms with Gasteiger partial charge >= 0.3 is 10.8 Å². The second kappa shape index (κ2) is 6.94. The van der Waals surface area contributed by atoms with Gasteiger partial charge in [-0.05, 0) is 43.4 Å². The summed E-state index contributed by atoms with van der Waals surface area (Å²) in [5, 5.41) is 10.2. The Balaban J connectivity index is 1.36. The van der Waals surface area contributed by atoms with Crippen molar-refractivity contribution in [3.63, 3.8) is 0 Å². The molecule has 1 spiro atoms. The van der Waals surface area contributed by atoms with Crippen LogP contribution in [0.2, 0.25) is 0 Å². The maximum atomic E-state index is 13.4. The van der Waals surface area contributed by atoms with Crippen LogP contribution in [-0.2, 0) is 19.8 Å². The Hall–Kier alpha value is -1.61. The lowest BCUT2D eigenvalue weighted by molar-refractivity contribution is -0.142. The summed E-state index contributed by atoms with van der Waals surface area (Å²) < 4.78 is 0. The molecule has 2 N–H and O–H groups in total. The lowest BCUT2D eigenvalue weighted by atomic mass is 9.57. The maximum Gasteiger partial charge on any atom is 0.305 e. The average molecular weight is 463 g/mol. The zero-order chi connectivity index (χ0) is 21.5. The van der Waals surface area contributed by atoms with Gasteiger partial charge in [-0.15, -0.1) is 11.8 Å². The quantitative estimate of drug-likeness (QED) is 0.667. The average Bonchev–Trinajstić information content (AvgIpc) is 3.46. The van der Waals surface area contributed by atoms with Crippen LogP contribution in [0.15, 0.2) is 9.82 Å². The molecule has 6 rings (SSSR count). The number of nitrogens with zero attached hydrogens (tertiary/aromatic N) is 1. The van der Waals surface area contributed by atoms with Crippen molar-refractivity contribution >= 4 is 40.9 Å². The van der Waals surface area contributed by atoms with Crippen LogP contribution in [-0.4, -0.2) is 44.6 Å². The highest BCUT2D eigenvalue weighted by atomic mass is 32.2. The molecule has 6 atom stereocenters. The second-order valence-corrected chi connectivity index (χ2v) is 12.1. The first-order valence-corrected chi connectivity index (χ1v) is 13.1. The Morgan fingerprint density at radius 1 is 1.10 bits per heavy atom. The molecule has 7 nitrogen and oxygen atoms in total. The minimum Gasteiger partial charge on any atom is -0.481 e. The van der Waals surface area contributed by atoms with Gasteiger partial charge in [0, 0.05) is 28.5 Å². The van der Waals surface area contributed by atoms with Gasteiger partial charge in [-0.2, -0.15) is 0 Å². The molecule has 2 amide bonds. The lowest BCUT2D eigenvalue weighted by Crippen LogP contribution is -2.51. The number of carbonyl (C=O) groups excluding carboxylic acids is 2. The van der Waals surface area contributed by atoms with Crippen molar-refractivity contribution in [1.29, 1.82) is 0 Å². The Bertz CT molecular complexity index is 1030. The Morgan fingerprint density at radius 3 is 2.52 bits per heavy atom. The van der Waals surface area contributed by atoms with Crippen molar-refractivity contribution in [3.05, 3.63) is 14.5 Å². The molecule has 31 heavy (non-hydrogen) atoms. The highest BCUT2D eigenvalue weighted by Gasteiger charge is 2.71. The summed E-state index contributed by atoms with van der Waals surface area (Å²) in [5.74, 6) is -0.869. The first-order valence-electron chi connectivity index (χ1n) is 11.4. The number of hydrogen-bond acceptors (Lipinski definition) is 6. The minimum atomic E-state index is -0.902. The molecule has 1 saturated heterocycles. The zero-order valence-electron chi connectivity index (χ0n) is 17.2. The fourth-order valence-electron chi connectivity index (χ4n) is 7.75. The molecule has 0 unspecified atom stereocenters. The number of nitrogens with one attached hydrogen (secondary N) is 1. The monoisotopic (exact) mass is 462 g/mol. The van der Waals surface area contributed by atoms with E-state index in [0.717, 1.165) is 37.1 Å². The standard InChI is InChI=1S/C22H26N2O5S2/c25-12(26)5-4-8-24-19(27)13-10-9-11(14(13)20(24)28)16-15(10)22(6-2-1-3-7-22)17-18(30-16)23-21(29)31-17/h10-11,13-16H,1-9H2,(H,23,29)(H,25,26)/t10-,11-,13-,14-,15-,16-/m1/s1. The molecular formula is C22H26N2O5S2. The normalized spacial score (nSPS) is 37.2. The van der Waals surface area contributed by atoms with Gasteiger partial charge in [-0.25, -0.2) is 0 Å². The highest BCUT2D eigenvalue weighted by Crippen LogP contribution is 2.71. The molecular weight excluding hydrogens is 436 g/mol. The summed E-state index contributed by atoms with van der Waals surface area (Å²) in [5.41, 5.74) is -0.0300. The lowest BCUT2D eigenvalue weighted by Gasteiger charge is -2.52. The van der Waals surface area contributed by atoms with Crippen LogP contribution >= 0.6 is 23.1 Å². The number of hydrogen-bond donors (Lipinski definition) is 2. The van der Waals surface area contributed by atoms with E-state index in [2.05, 4.69) is 4.98 Å². The third-order valence-electron chi connectivity index (χ3n) is 8.67. The number of aromatic nitrogens is 1. The molecule has 5 aliphatic rings. The van der Waals surface area contributed by atoms with Gasteiger partial charge in [0.15, 0.2) is 0 Å². The molecule has 2 aliphatic heterocycles. The molecule has 0 aromatic carbocycles. The van der Waals surface area contributed by atoms with Crippen molar-refractivity contribution < 1.29 is 19.5 Å². The third-order valence-corrected chi connectivity index (χ3v) is 11.4. The van der Waals surface area contributed by atoms with E-state index in [9.17, 15) is 19.2 Å². The first-order chi connectivity index (χ1) is 14.9. The number of amides is 2. The van der Waals surface area contributed by atoms with Crippen molar-refractivity contribution in [3.8, 4) is 0 Å². The summed E-state index contributed by atoms with van der Waals surface area (Å²) in [4.78, 5) is 55.4. The Morgan fingerprint density at radius 2 is 1.81 bits per heavy atom. The summed E-state index contributed by atoms with van der Waals surface area (Å²) in [6, 6.07) is 0. The Kier molecular flexibility index (Phi) is 4.49. The van der Waals surface area contributed by atoms with Crippen molar-refractivity contribution in [2.75, 3.05) is 6.54 Å². The van der Waals surface area contributed by atoms with E-state index in [0.29, 0.717) is 12.3 Å². The number of H-pyrrole nitrogens is 1. The van der Waals surface area contributed by atoms with Crippen LogP contribution in [0.3, 0.4) is 0 Å². The smallest absolute Gasteiger partial charge is 0.305 e. The van der Waals surface area contributed by atoms with Crippen LogP contribution in [0.25, 0.3) is 0 Å². The SMILES string of the molecule is O=C(O)CCCN1C(=O)[C@@H]2[C@H]3C[C@@H]([C@H]4Sc5[nH]c(=O)sc5C5(CCCCC5)[C@H]34)[C@H]2C1=O. The fraction of sp³-hybridized carbons (Fsp3) is 0.727. The molecule has 0 radical (unpaired) electrons. The van der Waals surface area contributed by atoms with E-state index >= 15 is 0 Å². The molecule has 9 heteroatoms. The van der Waals surface area contributed by atoms with E-state index in [1.54, 1.807) is 11.8 Å². The van der Waals surface area contributed by atoms with E-state index in [-0.39, 0.29) is 64.0 Å². The number of thioether (sulfide) groups is 1. The van der Waals surface area contributed by atoms with Gasteiger partial charge in [0.2, 0.25) is 11.8 Å². The maximum absolute atomic E-state index is 13.4. The fourth-order valence-corrected chi connectivity index (χ4v) is 10.9. The molecule has 166 valence electrons. The van der Waals surface area contributed by atoms with Gasteiger partial charge in [-0.3, -0.25) is 24.1 Å². The highest BCUT2D eigenvalue weighted by molar-refractivity contribution is 8.00. The summed E-state index contributed by atoms with van der Waals surface area (Å²) >= 11 is 3.11. The van der Waals surface area contributed by atoms with Gasteiger partial charge in [0.25, 0.3) is 0 Å². The van der Waals surface area contributed by atoms with Crippen LogP contribution in [0.4, 0.5) is 0 Å². The van der Waals surface area contributed by atoms with E-state index in [1.807, 2.05) is 0 Å². The van der Waals surface area contributed by atoms with E-state index in [4.69, 9.17) is 5.11 Å². The number of carbonyl (C=O) groups is 3. The van der Waals surface area contributed by atoms with Crippen LogP contribution in [0.1, 0.15) is 56.2 Å². The summed E-state index contributed by atoms with van der Waals surface area (Å²) in [6.45, 7) is 0.213. The van der Waals surface area contributed by atoms with E-state index in [1.165, 1.54) is 27.5 Å². The van der Waals surface area contributed by atoms with Crippen molar-refractivity contribution in [2.45, 2.75) is 67.1 Å². The number of fused-ring (bicyclic) bond motifs is 11. The molecule has 3 saturated carbocycles. The second-order valence-electron chi connectivity index (χ2n) is 9.94. The molecule has 3 aliphatic carbocycles. The number of aromatic amines is 1. The van der Waals surface area contributed by atoms with Gasteiger partial charge in [-0.1, -0.05) is 30.6 Å². The number of likely N-dealkylation sites (tertiary alicyclic amines) is 1. The third kappa shape index (κ3) is 2.65. The number of rotatable bonds is 4. The number of carboxylic acids is 1. The van der Waals surface area contributed by atoms with Gasteiger partial charge < -0.3 is 10.1 Å². The van der Waals surface area contributed by atoms with Crippen molar-refractivity contribution in [2.24, 2.45) is 29.6 Å². The number of carboxylic acid groups (broad SMARTS) is 1. The molecule has 1 aromatic heterocycles. The van der Waals surface area contributed by atoms with Crippen LogP contribution in [0.5, 0.6) is 0 Å². The van der Waals surface area contributed by atoms with Crippen LogP contribution < -0.4 is 4.87 Å². The van der Waals surface area contributed by atoms with Crippen LogP contribution in [0, 0.1) is 29.6 Å². The predicted octanol–water partition coefficient (Wildman–Crippen LogP) is 2.84. The van der Waals surface area contributed by atoms with E-state index < -0.39 is 5.97 Å². The van der Waals surface area contributed by atoms with Gasteiger partial charge in [0.05, 0.1) is 16.9 Å². The Labute approximate surface area is 188 Å². The number of thiazole rings is 1. The number of aliphatic carboxylic acids is 1. The molecule has 4 fully saturated rings. The van der Waals surface area contributed by atoms with Crippen molar-refractivity contribution in [1.82, 2.24) is 9.88 Å². The summed E-state index contributed by atoms with van der Waals surface area (Å²) in [7, 11) is 0. The largest absolute Gasteiger partial charge is 0.481 e. The minimum absolute atomic E-state index is 0.00622.